The predicted octanol–water partition coefficient (Wildman–Crippen LogP) is 3.42. The molecule has 0 bridgehead atoms. The van der Waals surface area contributed by atoms with Crippen LogP contribution in [0.3, 0.4) is 0 Å². The Morgan fingerprint density at radius 3 is 2.59 bits per heavy atom. The lowest BCUT2D eigenvalue weighted by atomic mass is 10.1. The molecule has 0 unspecified atom stereocenters. The average Bonchev–Trinajstić information content (AvgIpc) is 3.13. The number of hydrogen-bond donors (Lipinski definition) is 1. The van der Waals surface area contributed by atoms with Crippen molar-refractivity contribution in [2.24, 2.45) is 0 Å². The van der Waals surface area contributed by atoms with Gasteiger partial charge in [-0.3, -0.25) is 4.79 Å². The van der Waals surface area contributed by atoms with Gasteiger partial charge >= 0.3 is 0 Å². The molecule has 0 radical (unpaired) electrons. The molecule has 8 heteroatoms. The second kappa shape index (κ2) is 8.29. The zero-order valence-corrected chi connectivity index (χ0v) is 16.5. The van der Waals surface area contributed by atoms with E-state index in [-0.39, 0.29) is 23.3 Å². The molecule has 144 valence electrons. The lowest BCUT2D eigenvalue weighted by Crippen LogP contribution is -2.38. The van der Waals surface area contributed by atoms with Gasteiger partial charge in [0.15, 0.2) is 0 Å². The summed E-state index contributed by atoms with van der Waals surface area (Å²) in [5, 5.41) is 3.03. The number of hydrogen-bond acceptors (Lipinski definition) is 4. The smallest absolute Gasteiger partial charge is 0.243 e. The third-order valence-electron chi connectivity index (χ3n) is 4.52. The Morgan fingerprint density at radius 1 is 1.22 bits per heavy atom. The summed E-state index contributed by atoms with van der Waals surface area (Å²) in [4.78, 5) is 11.8. The van der Waals surface area contributed by atoms with Gasteiger partial charge < -0.3 is 10.1 Å². The first kappa shape index (κ1) is 19.7. The zero-order valence-electron chi connectivity index (χ0n) is 14.9. The molecule has 1 N–H and O–H groups in total. The van der Waals surface area contributed by atoms with E-state index in [2.05, 4.69) is 5.32 Å². The van der Waals surface area contributed by atoms with Crippen LogP contribution in [0.2, 0.25) is 5.02 Å². The van der Waals surface area contributed by atoms with Crippen LogP contribution in [-0.4, -0.2) is 38.3 Å². The minimum absolute atomic E-state index is 0.161. The fraction of sp³-hybridized carbons (Fsp3) is 0.316. The summed E-state index contributed by atoms with van der Waals surface area (Å²) in [5.41, 5.74) is 0. The first-order valence-corrected chi connectivity index (χ1v) is 10.5. The summed E-state index contributed by atoms with van der Waals surface area (Å²) >= 11 is 6.07. The molecule has 1 aliphatic heterocycles. The van der Waals surface area contributed by atoms with Gasteiger partial charge in [-0.2, -0.15) is 4.31 Å². The molecule has 1 heterocycles. The van der Waals surface area contributed by atoms with Crippen molar-refractivity contribution in [1.82, 2.24) is 9.62 Å². The molecular weight excluding hydrogens is 388 g/mol. The molecule has 3 rings (SSSR count). The molecule has 1 amide bonds. The van der Waals surface area contributed by atoms with Crippen molar-refractivity contribution in [3.05, 3.63) is 53.6 Å². The van der Waals surface area contributed by atoms with Gasteiger partial charge in [-0.15, -0.1) is 0 Å². The molecule has 0 aliphatic carbocycles. The van der Waals surface area contributed by atoms with Crippen LogP contribution in [0, 0.1) is 0 Å². The van der Waals surface area contributed by atoms with E-state index in [1.807, 2.05) is 0 Å². The molecule has 1 aliphatic rings. The van der Waals surface area contributed by atoms with Crippen LogP contribution in [0.1, 0.15) is 19.3 Å². The van der Waals surface area contributed by atoms with Crippen molar-refractivity contribution in [2.45, 2.75) is 30.2 Å². The van der Waals surface area contributed by atoms with Crippen molar-refractivity contribution in [2.75, 3.05) is 13.6 Å². The lowest BCUT2D eigenvalue weighted by Gasteiger charge is -2.23. The largest absolute Gasteiger partial charge is 0.456 e. The molecule has 0 aromatic heterocycles. The number of sulfonamides is 1. The number of para-hydroxylation sites is 1. The van der Waals surface area contributed by atoms with Gasteiger partial charge in [-0.1, -0.05) is 23.7 Å². The average molecular weight is 409 g/mol. The maximum Gasteiger partial charge on any atom is 0.243 e. The van der Waals surface area contributed by atoms with Crippen molar-refractivity contribution in [3.63, 3.8) is 0 Å². The van der Waals surface area contributed by atoms with Gasteiger partial charge in [-0.25, -0.2) is 8.42 Å². The normalized spacial score (nSPS) is 17.6. The summed E-state index contributed by atoms with van der Waals surface area (Å²) in [5.74, 6) is 0.830. The Hall–Kier alpha value is -2.09. The van der Waals surface area contributed by atoms with Crippen LogP contribution in [0.4, 0.5) is 0 Å². The van der Waals surface area contributed by atoms with E-state index in [1.54, 1.807) is 43.4 Å². The number of rotatable bonds is 6. The fourth-order valence-corrected chi connectivity index (χ4v) is 4.98. The molecule has 2 aromatic rings. The predicted molar refractivity (Wildman–Crippen MR) is 104 cm³/mol. The molecule has 1 atom stereocenters. The summed E-state index contributed by atoms with van der Waals surface area (Å²) < 4.78 is 33.1. The Bertz CT molecular complexity index is 916. The van der Waals surface area contributed by atoms with Crippen LogP contribution in [-0.2, 0) is 14.8 Å². The Labute approximate surface area is 164 Å². The minimum Gasteiger partial charge on any atom is -0.456 e. The van der Waals surface area contributed by atoms with Crippen LogP contribution in [0.5, 0.6) is 11.5 Å². The highest BCUT2D eigenvalue weighted by Gasteiger charge is 2.36. The highest BCUT2D eigenvalue weighted by Crippen LogP contribution is 2.31. The molecule has 1 fully saturated rings. The van der Waals surface area contributed by atoms with Gasteiger partial charge in [0.1, 0.15) is 11.5 Å². The molecule has 1 saturated heterocycles. The van der Waals surface area contributed by atoms with E-state index < -0.39 is 10.0 Å². The SMILES string of the molecule is CNC(=O)C[C@H]1CCCN1S(=O)(=O)c1ccc(Oc2ccccc2Cl)cc1. The highest BCUT2D eigenvalue weighted by atomic mass is 35.5. The zero-order chi connectivity index (χ0) is 19.4. The third-order valence-corrected chi connectivity index (χ3v) is 6.80. The van der Waals surface area contributed by atoms with E-state index in [0.717, 1.165) is 6.42 Å². The maximum absolute atomic E-state index is 13.0. The van der Waals surface area contributed by atoms with Gasteiger partial charge in [0.2, 0.25) is 15.9 Å². The van der Waals surface area contributed by atoms with Crippen molar-refractivity contribution in [3.8, 4) is 11.5 Å². The van der Waals surface area contributed by atoms with Crippen molar-refractivity contribution in [1.29, 1.82) is 0 Å². The first-order valence-electron chi connectivity index (χ1n) is 8.66. The second-order valence-electron chi connectivity index (χ2n) is 6.29. The van der Waals surface area contributed by atoms with Crippen LogP contribution in [0.25, 0.3) is 0 Å². The molecular formula is C19H21ClN2O4S. The third kappa shape index (κ3) is 4.43. The van der Waals surface area contributed by atoms with E-state index in [9.17, 15) is 13.2 Å². The topological polar surface area (TPSA) is 75.7 Å². The van der Waals surface area contributed by atoms with Crippen molar-refractivity contribution >= 4 is 27.5 Å². The van der Waals surface area contributed by atoms with Crippen LogP contribution >= 0.6 is 11.6 Å². The quantitative estimate of drug-likeness (QED) is 0.794. The Balaban J connectivity index is 1.77. The second-order valence-corrected chi connectivity index (χ2v) is 8.59. The van der Waals surface area contributed by atoms with Gasteiger partial charge in [0, 0.05) is 26.1 Å². The number of benzene rings is 2. The van der Waals surface area contributed by atoms with Gasteiger partial charge in [0.25, 0.3) is 0 Å². The van der Waals surface area contributed by atoms with E-state index in [0.29, 0.717) is 29.5 Å². The minimum atomic E-state index is -3.67. The number of halogens is 1. The Kier molecular flexibility index (Phi) is 6.04. The number of ether oxygens (including phenoxy) is 1. The van der Waals surface area contributed by atoms with Gasteiger partial charge in [-0.05, 0) is 49.2 Å². The molecule has 0 spiro atoms. The van der Waals surface area contributed by atoms with Crippen LogP contribution < -0.4 is 10.1 Å². The van der Waals surface area contributed by atoms with E-state index >= 15 is 0 Å². The fourth-order valence-electron chi connectivity index (χ4n) is 3.12. The molecule has 0 saturated carbocycles. The Morgan fingerprint density at radius 2 is 1.93 bits per heavy atom. The summed E-state index contributed by atoms with van der Waals surface area (Å²) in [6.07, 6.45) is 1.60. The first-order chi connectivity index (χ1) is 12.9. The molecule has 27 heavy (non-hydrogen) atoms. The maximum atomic E-state index is 13.0. The summed E-state index contributed by atoms with van der Waals surface area (Å²) in [6.45, 7) is 0.419. The van der Waals surface area contributed by atoms with Crippen molar-refractivity contribution < 1.29 is 17.9 Å². The molecule has 6 nitrogen and oxygen atoms in total. The summed E-state index contributed by atoms with van der Waals surface area (Å²) in [7, 11) is -2.12. The monoisotopic (exact) mass is 408 g/mol. The summed E-state index contributed by atoms with van der Waals surface area (Å²) in [6, 6.07) is 13.0. The number of nitrogens with zero attached hydrogens (tertiary/aromatic N) is 1. The van der Waals surface area contributed by atoms with Crippen LogP contribution in [0.15, 0.2) is 53.4 Å². The van der Waals surface area contributed by atoms with E-state index in [1.165, 1.54) is 16.4 Å². The van der Waals surface area contributed by atoms with Gasteiger partial charge in [0.05, 0.1) is 9.92 Å². The lowest BCUT2D eigenvalue weighted by molar-refractivity contribution is -0.121. The number of carbonyl (C=O) groups is 1. The van der Waals surface area contributed by atoms with E-state index in [4.69, 9.17) is 16.3 Å². The number of amides is 1. The number of nitrogens with one attached hydrogen (secondary N) is 1. The standard InChI is InChI=1S/C19H21ClN2O4S/c1-21-19(23)13-14-5-4-12-22(14)27(24,25)16-10-8-15(9-11-16)26-18-7-3-2-6-17(18)20/h2-3,6-11,14H,4-5,12-13H2,1H3,(H,21,23)/t14-/m1/s1. The number of carbonyl (C=O) groups excluding carboxylic acids is 1. The highest BCUT2D eigenvalue weighted by molar-refractivity contribution is 7.89. The molecule has 2 aromatic carbocycles.